The SMILES string of the molecule is Cc1nsc(Nc2cnc(C(F)F)cn2)c1C(=O)Nc1ccc(OCC2CCNC2)nc1. The van der Waals surface area contributed by atoms with Gasteiger partial charge in [0.1, 0.15) is 16.5 Å². The van der Waals surface area contributed by atoms with E-state index in [2.05, 4.69) is 35.3 Å². The zero-order chi connectivity index (χ0) is 22.5. The van der Waals surface area contributed by atoms with Crippen molar-refractivity contribution in [2.75, 3.05) is 30.3 Å². The summed E-state index contributed by atoms with van der Waals surface area (Å²) in [6, 6.07) is 3.42. The summed E-state index contributed by atoms with van der Waals surface area (Å²) < 4.78 is 35.2. The standard InChI is InChI=1S/C20H21F2N7O2S/c1-11-17(20(32-29-11)28-15-9-24-14(8-25-15)18(21)22)19(30)27-13-2-3-16(26-7-13)31-10-12-4-5-23-6-12/h2-3,7-9,12,18,23H,4-6,10H2,1H3,(H,25,28)(H,27,30). The van der Waals surface area contributed by atoms with E-state index in [1.54, 1.807) is 19.1 Å². The summed E-state index contributed by atoms with van der Waals surface area (Å²) in [5, 5.41) is 9.42. The molecular weight excluding hydrogens is 440 g/mol. The molecule has 32 heavy (non-hydrogen) atoms. The van der Waals surface area contributed by atoms with Crippen LogP contribution in [0.25, 0.3) is 0 Å². The van der Waals surface area contributed by atoms with Crippen LogP contribution >= 0.6 is 11.5 Å². The second-order valence-corrected chi connectivity index (χ2v) is 8.01. The molecule has 0 radical (unpaired) electrons. The molecule has 1 saturated heterocycles. The molecule has 0 aliphatic carbocycles. The Balaban J connectivity index is 1.39. The van der Waals surface area contributed by atoms with Crippen LogP contribution in [-0.2, 0) is 0 Å². The average Bonchev–Trinajstić information content (AvgIpc) is 3.43. The van der Waals surface area contributed by atoms with Gasteiger partial charge in [0.2, 0.25) is 5.88 Å². The Kier molecular flexibility index (Phi) is 6.81. The van der Waals surface area contributed by atoms with Crippen LogP contribution in [0.15, 0.2) is 30.7 Å². The van der Waals surface area contributed by atoms with Crippen molar-refractivity contribution in [3.63, 3.8) is 0 Å². The Bertz CT molecular complexity index is 1050. The number of aromatic nitrogens is 4. The summed E-state index contributed by atoms with van der Waals surface area (Å²) in [4.78, 5) is 24.7. The highest BCUT2D eigenvalue weighted by Crippen LogP contribution is 2.28. The fraction of sp³-hybridized carbons (Fsp3) is 0.350. The molecule has 3 N–H and O–H groups in total. The van der Waals surface area contributed by atoms with E-state index in [0.717, 1.165) is 37.2 Å². The number of pyridine rings is 1. The highest BCUT2D eigenvalue weighted by atomic mass is 32.1. The number of amides is 1. The molecule has 4 heterocycles. The number of carbonyl (C=O) groups excluding carboxylic acids is 1. The fourth-order valence-electron chi connectivity index (χ4n) is 3.15. The lowest BCUT2D eigenvalue weighted by Gasteiger charge is -2.11. The van der Waals surface area contributed by atoms with Gasteiger partial charge in [-0.05, 0) is 37.5 Å². The minimum Gasteiger partial charge on any atom is -0.477 e. The van der Waals surface area contributed by atoms with Gasteiger partial charge in [-0.25, -0.2) is 23.7 Å². The molecular formula is C20H21F2N7O2S. The maximum absolute atomic E-state index is 12.8. The van der Waals surface area contributed by atoms with Gasteiger partial charge in [-0.3, -0.25) is 4.79 Å². The van der Waals surface area contributed by atoms with Gasteiger partial charge in [0.05, 0.1) is 42.1 Å². The third-order valence-corrected chi connectivity index (χ3v) is 5.70. The number of halogens is 2. The minimum atomic E-state index is -2.70. The molecule has 12 heteroatoms. The van der Waals surface area contributed by atoms with Crippen molar-refractivity contribution < 1.29 is 18.3 Å². The lowest BCUT2D eigenvalue weighted by molar-refractivity contribution is 0.102. The number of nitrogens with zero attached hydrogens (tertiary/aromatic N) is 4. The van der Waals surface area contributed by atoms with Crippen LogP contribution in [0, 0.1) is 12.8 Å². The maximum atomic E-state index is 12.8. The van der Waals surface area contributed by atoms with E-state index in [9.17, 15) is 13.6 Å². The summed E-state index contributed by atoms with van der Waals surface area (Å²) in [5.41, 5.74) is 0.922. The van der Waals surface area contributed by atoms with E-state index in [-0.39, 0.29) is 11.7 Å². The van der Waals surface area contributed by atoms with Crippen molar-refractivity contribution in [2.45, 2.75) is 19.8 Å². The zero-order valence-electron chi connectivity index (χ0n) is 17.1. The average molecular weight is 461 g/mol. The van der Waals surface area contributed by atoms with Crippen LogP contribution < -0.4 is 20.7 Å². The predicted molar refractivity (Wildman–Crippen MR) is 116 cm³/mol. The number of alkyl halides is 2. The molecule has 168 valence electrons. The smallest absolute Gasteiger partial charge is 0.281 e. The first-order valence-electron chi connectivity index (χ1n) is 9.94. The van der Waals surface area contributed by atoms with Gasteiger partial charge >= 0.3 is 0 Å². The Morgan fingerprint density at radius 3 is 2.81 bits per heavy atom. The van der Waals surface area contributed by atoms with Gasteiger partial charge in [-0.15, -0.1) is 0 Å². The van der Waals surface area contributed by atoms with Gasteiger partial charge < -0.3 is 20.7 Å². The van der Waals surface area contributed by atoms with Crippen molar-refractivity contribution in [3.05, 3.63) is 47.7 Å². The number of aryl methyl sites for hydroxylation is 1. The van der Waals surface area contributed by atoms with Crippen molar-refractivity contribution in [1.29, 1.82) is 0 Å². The molecule has 4 rings (SSSR count). The summed E-state index contributed by atoms with van der Waals surface area (Å²) in [6.45, 7) is 4.26. The molecule has 1 amide bonds. The molecule has 0 aromatic carbocycles. The number of ether oxygens (including phenoxy) is 1. The lowest BCUT2D eigenvalue weighted by Crippen LogP contribution is -2.16. The first-order valence-corrected chi connectivity index (χ1v) is 10.7. The second-order valence-electron chi connectivity index (χ2n) is 7.23. The number of rotatable bonds is 8. The predicted octanol–water partition coefficient (Wildman–Crippen LogP) is 3.56. The van der Waals surface area contributed by atoms with Crippen molar-refractivity contribution in [1.82, 2.24) is 24.6 Å². The van der Waals surface area contributed by atoms with Gasteiger partial charge in [0, 0.05) is 18.5 Å². The molecule has 3 aromatic heterocycles. The van der Waals surface area contributed by atoms with E-state index in [1.165, 1.54) is 12.4 Å². The molecule has 1 fully saturated rings. The number of nitrogens with one attached hydrogen (secondary N) is 3. The van der Waals surface area contributed by atoms with Crippen molar-refractivity contribution in [2.24, 2.45) is 5.92 Å². The molecule has 0 bridgehead atoms. The third kappa shape index (κ3) is 5.32. The van der Waals surface area contributed by atoms with Crippen LogP contribution in [0.1, 0.15) is 34.6 Å². The minimum absolute atomic E-state index is 0.229. The number of carbonyl (C=O) groups is 1. The first-order chi connectivity index (χ1) is 15.5. The molecule has 3 aromatic rings. The summed E-state index contributed by atoms with van der Waals surface area (Å²) in [5.74, 6) is 0.819. The van der Waals surface area contributed by atoms with E-state index in [1.807, 2.05) is 0 Å². The Morgan fingerprint density at radius 1 is 1.28 bits per heavy atom. The fourth-order valence-corrected chi connectivity index (χ4v) is 3.95. The Labute approximate surface area is 186 Å². The van der Waals surface area contributed by atoms with Gasteiger partial charge in [0.15, 0.2) is 0 Å². The Morgan fingerprint density at radius 2 is 2.16 bits per heavy atom. The Hall–Kier alpha value is -3.25. The number of hydrogen-bond donors (Lipinski definition) is 3. The third-order valence-electron chi connectivity index (χ3n) is 4.85. The van der Waals surface area contributed by atoms with Gasteiger partial charge in [0.25, 0.3) is 12.3 Å². The number of hydrogen-bond acceptors (Lipinski definition) is 9. The van der Waals surface area contributed by atoms with Crippen LogP contribution in [-0.4, -0.2) is 44.9 Å². The van der Waals surface area contributed by atoms with Crippen LogP contribution in [0.2, 0.25) is 0 Å². The zero-order valence-corrected chi connectivity index (χ0v) is 18.0. The van der Waals surface area contributed by atoms with Crippen LogP contribution in [0.3, 0.4) is 0 Å². The molecule has 1 aliphatic rings. The first kappa shape index (κ1) is 22.0. The van der Waals surface area contributed by atoms with Gasteiger partial charge in [-0.1, -0.05) is 0 Å². The topological polar surface area (TPSA) is 114 Å². The second kappa shape index (κ2) is 9.92. The maximum Gasteiger partial charge on any atom is 0.281 e. The molecule has 1 aliphatic heterocycles. The van der Waals surface area contributed by atoms with Gasteiger partial charge in [-0.2, -0.15) is 4.37 Å². The summed E-state index contributed by atoms with van der Waals surface area (Å²) in [6.07, 6.45) is 2.08. The van der Waals surface area contributed by atoms with E-state index in [0.29, 0.717) is 40.4 Å². The molecule has 1 atom stereocenters. The molecule has 0 spiro atoms. The van der Waals surface area contributed by atoms with Crippen molar-refractivity contribution in [3.8, 4) is 5.88 Å². The monoisotopic (exact) mass is 461 g/mol. The van der Waals surface area contributed by atoms with Crippen molar-refractivity contribution >= 4 is 33.9 Å². The quantitative estimate of drug-likeness (QED) is 0.467. The van der Waals surface area contributed by atoms with Crippen LogP contribution in [0.5, 0.6) is 5.88 Å². The van der Waals surface area contributed by atoms with E-state index in [4.69, 9.17) is 4.74 Å². The molecule has 9 nitrogen and oxygen atoms in total. The normalized spacial score (nSPS) is 15.7. The van der Waals surface area contributed by atoms with E-state index < -0.39 is 12.1 Å². The molecule has 1 unspecified atom stereocenters. The van der Waals surface area contributed by atoms with Crippen LogP contribution in [0.4, 0.5) is 25.3 Å². The molecule has 0 saturated carbocycles. The lowest BCUT2D eigenvalue weighted by atomic mass is 10.1. The number of anilines is 3. The van der Waals surface area contributed by atoms with E-state index >= 15 is 0 Å². The highest BCUT2D eigenvalue weighted by Gasteiger charge is 2.20. The highest BCUT2D eigenvalue weighted by molar-refractivity contribution is 7.10. The summed E-state index contributed by atoms with van der Waals surface area (Å²) >= 11 is 1.06. The largest absolute Gasteiger partial charge is 0.477 e. The summed E-state index contributed by atoms with van der Waals surface area (Å²) in [7, 11) is 0.